The van der Waals surface area contributed by atoms with Gasteiger partial charge in [-0.15, -0.1) is 0 Å². The summed E-state index contributed by atoms with van der Waals surface area (Å²) in [6.45, 7) is 8.13. The summed E-state index contributed by atoms with van der Waals surface area (Å²) in [7, 11) is 0. The Kier molecular flexibility index (Phi) is 29.1. The van der Waals surface area contributed by atoms with Gasteiger partial charge in [-0.25, -0.2) is 0 Å². The van der Waals surface area contributed by atoms with Gasteiger partial charge in [-0.2, -0.15) is 0 Å². The third-order valence-electron chi connectivity index (χ3n) is 6.67. The lowest BCUT2D eigenvalue weighted by atomic mass is 9.96. The highest BCUT2D eigenvalue weighted by atomic mass is 127. The summed E-state index contributed by atoms with van der Waals surface area (Å²) in [6, 6.07) is 0. The number of hydrogen-bond acceptors (Lipinski definition) is 2. The first-order chi connectivity index (χ1) is 16.2. The molecule has 0 N–H and O–H groups in total. The van der Waals surface area contributed by atoms with E-state index in [0.717, 1.165) is 35.3 Å². The fraction of sp³-hybridized carbons (Fsp3) is 1.00. The number of hydrogen-bond donors (Lipinski definition) is 0. The third-order valence-corrected chi connectivity index (χ3v) is 9.90. The number of rotatable bonds is 28. The maximum atomic E-state index is 6.12. The lowest BCUT2D eigenvalue weighted by molar-refractivity contribution is 0.00260. The van der Waals surface area contributed by atoms with Crippen molar-refractivity contribution in [2.24, 2.45) is 5.41 Å². The SMILES string of the molecule is CCCCCCCCCCCCOCC(CI)(CI)COCCCCCCCCCCCC. The van der Waals surface area contributed by atoms with Gasteiger partial charge in [0.1, 0.15) is 0 Å². The van der Waals surface area contributed by atoms with Gasteiger partial charge in [0.15, 0.2) is 0 Å². The fourth-order valence-corrected chi connectivity index (χ4v) is 6.64. The summed E-state index contributed by atoms with van der Waals surface area (Å²) in [5.41, 5.74) is 0.193. The number of ether oxygens (including phenoxy) is 2. The van der Waals surface area contributed by atoms with Crippen molar-refractivity contribution in [3.8, 4) is 0 Å². The molecule has 0 aliphatic rings. The minimum absolute atomic E-state index is 0.193. The minimum Gasteiger partial charge on any atom is -0.381 e. The molecule has 0 rings (SSSR count). The molecule has 0 fully saturated rings. The van der Waals surface area contributed by atoms with Crippen LogP contribution < -0.4 is 0 Å². The van der Waals surface area contributed by atoms with Gasteiger partial charge in [0.05, 0.1) is 13.2 Å². The largest absolute Gasteiger partial charge is 0.381 e. The Labute approximate surface area is 236 Å². The van der Waals surface area contributed by atoms with Gasteiger partial charge >= 0.3 is 0 Å². The lowest BCUT2D eigenvalue weighted by Crippen LogP contribution is -2.36. The molecule has 0 heterocycles. The molecule has 0 saturated carbocycles. The first-order valence-electron chi connectivity index (χ1n) is 14.5. The molecule has 0 saturated heterocycles. The molecule has 0 spiro atoms. The standard InChI is InChI=1S/C29H58I2O2/c1-3-5-7-9-11-13-15-17-19-21-23-32-27-29(25-30,26-31)28-33-24-22-20-18-16-14-12-10-8-6-4-2/h3-28H2,1-2H3. The van der Waals surface area contributed by atoms with E-state index in [0.29, 0.717) is 0 Å². The molecule has 0 aliphatic carbocycles. The van der Waals surface area contributed by atoms with Crippen LogP contribution in [-0.2, 0) is 9.47 Å². The van der Waals surface area contributed by atoms with Crippen LogP contribution in [0.3, 0.4) is 0 Å². The van der Waals surface area contributed by atoms with Crippen LogP contribution in [0, 0.1) is 5.41 Å². The molecule has 2 nitrogen and oxygen atoms in total. The summed E-state index contributed by atoms with van der Waals surface area (Å²) in [6.07, 6.45) is 27.6. The van der Waals surface area contributed by atoms with Crippen molar-refractivity contribution < 1.29 is 9.47 Å². The van der Waals surface area contributed by atoms with E-state index in [1.165, 1.54) is 128 Å². The molecular weight excluding hydrogens is 634 g/mol. The van der Waals surface area contributed by atoms with Crippen molar-refractivity contribution in [1.82, 2.24) is 0 Å². The van der Waals surface area contributed by atoms with E-state index in [1.54, 1.807) is 0 Å². The van der Waals surface area contributed by atoms with Crippen molar-refractivity contribution in [2.45, 2.75) is 142 Å². The Balaban J connectivity index is 3.58. The Morgan fingerprint density at radius 2 is 0.697 bits per heavy atom. The monoisotopic (exact) mass is 692 g/mol. The zero-order valence-corrected chi connectivity index (χ0v) is 26.8. The third kappa shape index (κ3) is 23.5. The molecule has 4 heteroatoms. The van der Waals surface area contributed by atoms with Crippen molar-refractivity contribution in [2.75, 3.05) is 35.3 Å². The molecule has 0 aromatic heterocycles. The predicted octanol–water partition coefficient (Wildman–Crippen LogP) is 10.7. The van der Waals surface area contributed by atoms with Crippen LogP contribution in [0.1, 0.15) is 142 Å². The molecule has 0 aromatic rings. The Morgan fingerprint density at radius 3 is 0.970 bits per heavy atom. The Hall–Kier alpha value is 1.38. The van der Waals surface area contributed by atoms with E-state index >= 15 is 0 Å². The molecule has 0 bridgehead atoms. The van der Waals surface area contributed by atoms with Crippen LogP contribution in [0.15, 0.2) is 0 Å². The van der Waals surface area contributed by atoms with Crippen molar-refractivity contribution in [3.05, 3.63) is 0 Å². The summed E-state index contributed by atoms with van der Waals surface area (Å²) >= 11 is 5.06. The van der Waals surface area contributed by atoms with Gasteiger partial charge in [-0.1, -0.05) is 175 Å². The van der Waals surface area contributed by atoms with Gasteiger partial charge in [0.25, 0.3) is 0 Å². The van der Waals surface area contributed by atoms with Gasteiger partial charge in [-0.05, 0) is 12.8 Å². The Morgan fingerprint density at radius 1 is 0.424 bits per heavy atom. The minimum atomic E-state index is 0.193. The highest BCUT2D eigenvalue weighted by molar-refractivity contribution is 14.1. The number of halogens is 2. The van der Waals surface area contributed by atoms with Crippen LogP contribution in [-0.4, -0.2) is 35.3 Å². The van der Waals surface area contributed by atoms with Crippen LogP contribution in [0.25, 0.3) is 0 Å². The maximum Gasteiger partial charge on any atom is 0.0559 e. The summed E-state index contributed by atoms with van der Waals surface area (Å²) in [5.74, 6) is 0. The van der Waals surface area contributed by atoms with E-state index in [-0.39, 0.29) is 5.41 Å². The van der Waals surface area contributed by atoms with Crippen molar-refractivity contribution in [1.29, 1.82) is 0 Å². The molecule has 0 amide bonds. The zero-order chi connectivity index (χ0) is 24.3. The number of unbranched alkanes of at least 4 members (excludes halogenated alkanes) is 18. The van der Waals surface area contributed by atoms with Gasteiger partial charge in [0.2, 0.25) is 0 Å². The summed E-state index contributed by atoms with van der Waals surface area (Å²) in [4.78, 5) is 0. The van der Waals surface area contributed by atoms with Gasteiger partial charge in [-0.3, -0.25) is 0 Å². The van der Waals surface area contributed by atoms with Crippen molar-refractivity contribution >= 4 is 45.2 Å². The average Bonchev–Trinajstić information content (AvgIpc) is 2.84. The molecule has 200 valence electrons. The van der Waals surface area contributed by atoms with Crippen LogP contribution in [0.4, 0.5) is 0 Å². The first-order valence-corrected chi connectivity index (χ1v) is 17.6. The average molecular weight is 693 g/mol. The molecule has 0 aliphatic heterocycles. The Bertz CT molecular complexity index is 332. The molecule has 0 unspecified atom stereocenters. The molecule has 0 atom stereocenters. The predicted molar refractivity (Wildman–Crippen MR) is 166 cm³/mol. The van der Waals surface area contributed by atoms with E-state index in [1.807, 2.05) is 0 Å². The zero-order valence-electron chi connectivity index (χ0n) is 22.5. The van der Waals surface area contributed by atoms with Crippen molar-refractivity contribution in [3.63, 3.8) is 0 Å². The van der Waals surface area contributed by atoms with E-state index in [4.69, 9.17) is 9.47 Å². The summed E-state index contributed by atoms with van der Waals surface area (Å²) in [5, 5.41) is 0. The lowest BCUT2D eigenvalue weighted by Gasteiger charge is -2.29. The maximum absolute atomic E-state index is 6.12. The summed E-state index contributed by atoms with van der Waals surface area (Å²) < 4.78 is 14.5. The second-order valence-electron chi connectivity index (χ2n) is 10.2. The number of alkyl halides is 2. The van der Waals surface area contributed by atoms with Crippen LogP contribution >= 0.6 is 45.2 Å². The molecule has 0 aromatic carbocycles. The normalized spacial score (nSPS) is 12.0. The second kappa shape index (κ2) is 28.0. The first kappa shape index (κ1) is 34.4. The quantitative estimate of drug-likeness (QED) is 0.0462. The smallest absolute Gasteiger partial charge is 0.0559 e. The van der Waals surface area contributed by atoms with Crippen LogP contribution in [0.2, 0.25) is 0 Å². The van der Waals surface area contributed by atoms with Gasteiger partial charge < -0.3 is 9.47 Å². The highest BCUT2D eigenvalue weighted by Crippen LogP contribution is 2.25. The molecule has 0 radical (unpaired) electrons. The topological polar surface area (TPSA) is 18.5 Å². The van der Waals surface area contributed by atoms with E-state index < -0.39 is 0 Å². The fourth-order valence-electron chi connectivity index (χ4n) is 4.19. The highest BCUT2D eigenvalue weighted by Gasteiger charge is 2.28. The molecular formula is C29H58I2O2. The van der Waals surface area contributed by atoms with E-state index in [2.05, 4.69) is 59.0 Å². The van der Waals surface area contributed by atoms with Crippen LogP contribution in [0.5, 0.6) is 0 Å². The molecule has 33 heavy (non-hydrogen) atoms. The second-order valence-corrected chi connectivity index (χ2v) is 11.8. The van der Waals surface area contributed by atoms with Gasteiger partial charge in [0, 0.05) is 27.5 Å². The van der Waals surface area contributed by atoms with E-state index in [9.17, 15) is 0 Å².